The van der Waals surface area contributed by atoms with E-state index in [1.54, 1.807) is 7.11 Å². The fourth-order valence-corrected chi connectivity index (χ4v) is 3.05. The molecule has 1 saturated carbocycles. The summed E-state index contributed by atoms with van der Waals surface area (Å²) in [5, 5.41) is 14.0. The van der Waals surface area contributed by atoms with Crippen molar-refractivity contribution >= 4 is 0 Å². The highest BCUT2D eigenvalue weighted by atomic mass is 16.5. The van der Waals surface area contributed by atoms with Crippen molar-refractivity contribution < 1.29 is 9.84 Å². The molecule has 0 aromatic heterocycles. The molecule has 0 aliphatic heterocycles. The molecule has 0 bridgehead atoms. The Balaban J connectivity index is 2.35. The summed E-state index contributed by atoms with van der Waals surface area (Å²) in [4.78, 5) is 0. The molecule has 0 aromatic rings. The molecule has 0 aromatic carbocycles. The van der Waals surface area contributed by atoms with E-state index in [4.69, 9.17) is 4.74 Å². The monoisotopic (exact) mass is 257 g/mol. The summed E-state index contributed by atoms with van der Waals surface area (Å²) in [5.41, 5.74) is -0.599. The number of hydrogen-bond donors (Lipinski definition) is 2. The van der Waals surface area contributed by atoms with Crippen LogP contribution in [0.4, 0.5) is 0 Å². The van der Waals surface area contributed by atoms with Crippen molar-refractivity contribution in [2.45, 2.75) is 77.0 Å². The molecular weight excluding hydrogens is 226 g/mol. The molecule has 1 aliphatic carbocycles. The van der Waals surface area contributed by atoms with E-state index in [0.29, 0.717) is 18.5 Å². The summed E-state index contributed by atoms with van der Waals surface area (Å²) < 4.78 is 5.44. The number of nitrogens with one attached hydrogen (secondary N) is 1. The van der Waals surface area contributed by atoms with Gasteiger partial charge in [-0.25, -0.2) is 0 Å². The predicted octanol–water partition coefficient (Wildman–Crippen LogP) is 2.72. The summed E-state index contributed by atoms with van der Waals surface area (Å²) in [6, 6.07) is 0.362. The van der Waals surface area contributed by atoms with Gasteiger partial charge in [0.15, 0.2) is 0 Å². The van der Waals surface area contributed by atoms with E-state index in [9.17, 15) is 5.11 Å². The summed E-state index contributed by atoms with van der Waals surface area (Å²) in [6.45, 7) is 9.31. The van der Waals surface area contributed by atoms with Crippen LogP contribution in [0.25, 0.3) is 0 Å². The minimum absolute atomic E-state index is 0.102. The van der Waals surface area contributed by atoms with Gasteiger partial charge in [-0.2, -0.15) is 0 Å². The van der Waals surface area contributed by atoms with Crippen LogP contribution >= 0.6 is 0 Å². The highest BCUT2D eigenvalue weighted by Crippen LogP contribution is 2.31. The largest absolute Gasteiger partial charge is 0.389 e. The molecule has 2 N–H and O–H groups in total. The first-order valence-electron chi connectivity index (χ1n) is 7.27. The van der Waals surface area contributed by atoms with Crippen LogP contribution in [0.1, 0.15) is 59.8 Å². The third-order valence-corrected chi connectivity index (χ3v) is 4.20. The molecule has 1 fully saturated rings. The molecule has 108 valence electrons. The fraction of sp³-hybridized carbons (Fsp3) is 1.00. The molecule has 0 spiro atoms. The third-order valence-electron chi connectivity index (χ3n) is 4.20. The lowest BCUT2D eigenvalue weighted by atomic mass is 9.79. The lowest BCUT2D eigenvalue weighted by molar-refractivity contribution is -0.0205. The van der Waals surface area contributed by atoms with Crippen LogP contribution in [0.3, 0.4) is 0 Å². The number of ether oxygens (including phenoxy) is 1. The van der Waals surface area contributed by atoms with Crippen molar-refractivity contribution in [1.29, 1.82) is 0 Å². The van der Waals surface area contributed by atoms with Crippen molar-refractivity contribution in [3.05, 3.63) is 0 Å². The quantitative estimate of drug-likeness (QED) is 0.769. The smallest absolute Gasteiger partial charge is 0.0774 e. The van der Waals surface area contributed by atoms with Gasteiger partial charge >= 0.3 is 0 Å². The Kier molecular flexibility index (Phi) is 5.63. The Morgan fingerprint density at radius 1 is 1.50 bits per heavy atom. The molecule has 0 heterocycles. The van der Waals surface area contributed by atoms with Gasteiger partial charge in [0, 0.05) is 19.7 Å². The van der Waals surface area contributed by atoms with Gasteiger partial charge in [-0.05, 0) is 46.0 Å². The van der Waals surface area contributed by atoms with Gasteiger partial charge in [0.1, 0.15) is 0 Å². The molecule has 3 heteroatoms. The van der Waals surface area contributed by atoms with Gasteiger partial charge in [-0.3, -0.25) is 0 Å². The van der Waals surface area contributed by atoms with E-state index >= 15 is 0 Å². The van der Waals surface area contributed by atoms with E-state index in [0.717, 1.165) is 25.7 Å². The zero-order valence-corrected chi connectivity index (χ0v) is 12.8. The van der Waals surface area contributed by atoms with Crippen LogP contribution in [-0.2, 0) is 4.74 Å². The average Bonchev–Trinajstić information content (AvgIpc) is 2.26. The normalized spacial score (nSPS) is 31.3. The topological polar surface area (TPSA) is 41.5 Å². The maximum absolute atomic E-state index is 10.6. The van der Waals surface area contributed by atoms with Crippen LogP contribution in [0.15, 0.2) is 0 Å². The van der Waals surface area contributed by atoms with Gasteiger partial charge in [0.2, 0.25) is 0 Å². The zero-order valence-electron chi connectivity index (χ0n) is 12.8. The molecule has 1 aliphatic rings. The number of methoxy groups -OCH3 is 1. The SMILES string of the molecule is COC(C)(C)CC(C)NCC1(O)CCCC(C)C1. The molecule has 3 unspecified atom stereocenters. The molecule has 0 amide bonds. The molecule has 3 atom stereocenters. The summed E-state index contributed by atoms with van der Waals surface area (Å²) in [7, 11) is 1.75. The number of hydrogen-bond acceptors (Lipinski definition) is 3. The van der Waals surface area contributed by atoms with E-state index in [1.807, 2.05) is 0 Å². The molecule has 0 saturated heterocycles. The Morgan fingerprint density at radius 2 is 2.17 bits per heavy atom. The van der Waals surface area contributed by atoms with Gasteiger partial charge < -0.3 is 15.2 Å². The van der Waals surface area contributed by atoms with Crippen LogP contribution in [0.2, 0.25) is 0 Å². The molecule has 3 nitrogen and oxygen atoms in total. The molecular formula is C15H31NO2. The van der Waals surface area contributed by atoms with Gasteiger partial charge in [0.25, 0.3) is 0 Å². The molecule has 18 heavy (non-hydrogen) atoms. The van der Waals surface area contributed by atoms with E-state index < -0.39 is 5.60 Å². The molecule has 1 rings (SSSR count). The second-order valence-corrected chi connectivity index (χ2v) is 6.88. The highest BCUT2D eigenvalue weighted by molar-refractivity contribution is 4.88. The summed E-state index contributed by atoms with van der Waals surface area (Å²) >= 11 is 0. The van der Waals surface area contributed by atoms with Gasteiger partial charge in [-0.1, -0.05) is 19.8 Å². The van der Waals surface area contributed by atoms with E-state index in [1.165, 1.54) is 6.42 Å². The van der Waals surface area contributed by atoms with Crippen molar-refractivity contribution in [3.8, 4) is 0 Å². The van der Waals surface area contributed by atoms with Crippen LogP contribution in [0.5, 0.6) is 0 Å². The number of aliphatic hydroxyl groups is 1. The maximum Gasteiger partial charge on any atom is 0.0774 e. The van der Waals surface area contributed by atoms with Crippen molar-refractivity contribution in [1.82, 2.24) is 5.32 Å². The minimum Gasteiger partial charge on any atom is -0.389 e. The second-order valence-electron chi connectivity index (χ2n) is 6.88. The Morgan fingerprint density at radius 3 is 2.72 bits per heavy atom. The first kappa shape index (κ1) is 15.9. The van der Waals surface area contributed by atoms with Gasteiger partial charge in [0.05, 0.1) is 11.2 Å². The van der Waals surface area contributed by atoms with Crippen molar-refractivity contribution in [3.63, 3.8) is 0 Å². The summed E-state index contributed by atoms with van der Waals surface area (Å²) in [6.07, 6.45) is 5.23. The highest BCUT2D eigenvalue weighted by Gasteiger charge is 2.33. The number of rotatable bonds is 6. The van der Waals surface area contributed by atoms with Crippen molar-refractivity contribution in [2.24, 2.45) is 5.92 Å². The van der Waals surface area contributed by atoms with Crippen LogP contribution in [-0.4, -0.2) is 36.0 Å². The Bertz CT molecular complexity index is 255. The van der Waals surface area contributed by atoms with Gasteiger partial charge in [-0.15, -0.1) is 0 Å². The van der Waals surface area contributed by atoms with Crippen LogP contribution in [0, 0.1) is 5.92 Å². The first-order valence-corrected chi connectivity index (χ1v) is 7.27. The lowest BCUT2D eigenvalue weighted by Gasteiger charge is -2.37. The second kappa shape index (κ2) is 6.36. The fourth-order valence-electron chi connectivity index (χ4n) is 3.05. The first-order chi connectivity index (χ1) is 8.26. The van der Waals surface area contributed by atoms with E-state index in [2.05, 4.69) is 33.0 Å². The third kappa shape index (κ3) is 5.25. The minimum atomic E-state index is -0.497. The average molecular weight is 257 g/mol. The van der Waals surface area contributed by atoms with E-state index in [-0.39, 0.29) is 5.60 Å². The lowest BCUT2D eigenvalue weighted by Crippen LogP contribution is -2.47. The predicted molar refractivity (Wildman–Crippen MR) is 75.8 cm³/mol. The zero-order chi connectivity index (χ0) is 13.8. The maximum atomic E-state index is 10.6. The Hall–Kier alpha value is -0.120. The van der Waals surface area contributed by atoms with Crippen molar-refractivity contribution in [2.75, 3.05) is 13.7 Å². The summed E-state index contributed by atoms with van der Waals surface area (Å²) in [5.74, 6) is 0.649. The molecule has 0 radical (unpaired) electrons. The standard InChI is InChI=1S/C15H31NO2/c1-12-7-6-8-15(17,9-12)11-16-13(2)10-14(3,4)18-5/h12-13,16-17H,6-11H2,1-5H3. The Labute approximate surface area is 112 Å². The van der Waals surface area contributed by atoms with Crippen LogP contribution < -0.4 is 5.32 Å².